The zero-order chi connectivity index (χ0) is 12.9. The summed E-state index contributed by atoms with van der Waals surface area (Å²) in [6.07, 6.45) is 1.78. The molecule has 19 heavy (non-hydrogen) atoms. The second-order valence-corrected chi connectivity index (χ2v) is 4.76. The Morgan fingerprint density at radius 2 is 1.74 bits per heavy atom. The number of anilines is 3. The Bertz CT molecular complexity index is 608. The highest BCUT2D eigenvalue weighted by molar-refractivity contribution is 7.08. The molecule has 0 atom stereocenters. The van der Waals surface area contributed by atoms with Crippen molar-refractivity contribution in [2.75, 3.05) is 10.4 Å². The fourth-order valence-electron chi connectivity index (χ4n) is 1.78. The molecule has 0 radical (unpaired) electrons. The molecule has 0 aliphatic heterocycles. The van der Waals surface area contributed by atoms with Crippen LogP contribution in [0.5, 0.6) is 0 Å². The first-order chi connectivity index (χ1) is 9.43. The summed E-state index contributed by atoms with van der Waals surface area (Å²) in [6.45, 7) is 0. The first-order valence-corrected chi connectivity index (χ1v) is 6.93. The lowest BCUT2D eigenvalue weighted by atomic mass is 10.3. The van der Waals surface area contributed by atoms with Gasteiger partial charge < -0.3 is 0 Å². The van der Waals surface area contributed by atoms with Crippen LogP contribution in [0.2, 0.25) is 0 Å². The molecule has 3 aromatic rings. The third-order valence-corrected chi connectivity index (χ3v) is 3.34. The van der Waals surface area contributed by atoms with Gasteiger partial charge >= 0.3 is 0 Å². The fraction of sp³-hybridized carbons (Fsp3) is 0. The van der Waals surface area contributed by atoms with E-state index >= 15 is 0 Å². The molecule has 0 fully saturated rings. The van der Waals surface area contributed by atoms with Crippen LogP contribution >= 0.6 is 11.3 Å². The molecule has 0 aliphatic carbocycles. The van der Waals surface area contributed by atoms with Crippen LogP contribution in [0.3, 0.4) is 0 Å². The van der Waals surface area contributed by atoms with E-state index in [2.05, 4.69) is 39.4 Å². The lowest BCUT2D eigenvalue weighted by Gasteiger charge is -2.24. The first-order valence-electron chi connectivity index (χ1n) is 5.98. The second-order valence-electron chi connectivity index (χ2n) is 3.98. The van der Waals surface area contributed by atoms with Crippen molar-refractivity contribution >= 4 is 28.5 Å². The molecular weight excluding hydrogens is 254 g/mol. The van der Waals surface area contributed by atoms with Gasteiger partial charge in [0, 0.05) is 11.6 Å². The third kappa shape index (κ3) is 2.74. The normalized spacial score (nSPS) is 10.1. The predicted molar refractivity (Wildman–Crippen MR) is 80.8 cm³/mol. The van der Waals surface area contributed by atoms with Gasteiger partial charge in [-0.25, -0.2) is 4.98 Å². The van der Waals surface area contributed by atoms with Crippen LogP contribution in [0.1, 0.15) is 0 Å². The number of rotatable bonds is 4. The van der Waals surface area contributed by atoms with Crippen LogP contribution in [0.15, 0.2) is 71.6 Å². The molecule has 0 aliphatic rings. The molecule has 0 amide bonds. The lowest BCUT2D eigenvalue weighted by Crippen LogP contribution is -2.24. The van der Waals surface area contributed by atoms with E-state index in [1.807, 2.05) is 41.4 Å². The maximum Gasteiger partial charge on any atom is 0.144 e. The van der Waals surface area contributed by atoms with E-state index in [1.54, 1.807) is 17.5 Å². The molecule has 1 aromatic carbocycles. The summed E-state index contributed by atoms with van der Waals surface area (Å²) >= 11 is 1.67. The van der Waals surface area contributed by atoms with Gasteiger partial charge in [-0.15, -0.1) is 0 Å². The molecule has 0 saturated carbocycles. The maximum absolute atomic E-state index is 4.30. The van der Waals surface area contributed by atoms with Crippen LogP contribution in [0.4, 0.5) is 17.2 Å². The summed E-state index contributed by atoms with van der Waals surface area (Å²) in [5.74, 6) is 0.817. The van der Waals surface area contributed by atoms with Crippen LogP contribution < -0.4 is 10.4 Å². The van der Waals surface area contributed by atoms with Crippen molar-refractivity contribution in [2.24, 2.45) is 0 Å². The third-order valence-electron chi connectivity index (χ3n) is 2.67. The van der Waals surface area contributed by atoms with Gasteiger partial charge in [0.05, 0.1) is 11.4 Å². The molecular formula is C15H13N3S. The molecule has 94 valence electrons. The van der Waals surface area contributed by atoms with Crippen molar-refractivity contribution in [2.45, 2.75) is 0 Å². The Morgan fingerprint density at radius 3 is 2.42 bits per heavy atom. The van der Waals surface area contributed by atoms with Gasteiger partial charge in [-0.1, -0.05) is 24.3 Å². The van der Waals surface area contributed by atoms with Gasteiger partial charge in [0.2, 0.25) is 0 Å². The predicted octanol–water partition coefficient (Wildman–Crippen LogP) is 4.31. The summed E-state index contributed by atoms with van der Waals surface area (Å²) < 4.78 is 0. The van der Waals surface area contributed by atoms with Crippen molar-refractivity contribution in [3.8, 4) is 0 Å². The van der Waals surface area contributed by atoms with Crippen molar-refractivity contribution in [1.82, 2.24) is 4.98 Å². The quantitative estimate of drug-likeness (QED) is 0.714. The minimum absolute atomic E-state index is 0.817. The molecule has 0 spiro atoms. The van der Waals surface area contributed by atoms with Crippen molar-refractivity contribution in [3.05, 3.63) is 71.6 Å². The number of hydrazine groups is 1. The molecule has 3 rings (SSSR count). The molecule has 2 heterocycles. The molecule has 0 saturated heterocycles. The molecule has 3 nitrogen and oxygen atoms in total. The standard InChI is InChI=1S/C15H13N3S/c1-2-6-13(7-3-1)18(14-9-11-19-12-14)17-15-8-4-5-10-16-15/h1-12H,(H,16,17). The van der Waals surface area contributed by atoms with Crippen LogP contribution in [-0.2, 0) is 0 Å². The van der Waals surface area contributed by atoms with E-state index < -0.39 is 0 Å². The van der Waals surface area contributed by atoms with Gasteiger partial charge in [0.1, 0.15) is 5.82 Å². The molecule has 0 unspecified atom stereocenters. The minimum Gasteiger partial charge on any atom is -0.277 e. The summed E-state index contributed by atoms with van der Waals surface area (Å²) in [6, 6.07) is 18.1. The monoisotopic (exact) mass is 267 g/mol. The number of aromatic nitrogens is 1. The highest BCUT2D eigenvalue weighted by Gasteiger charge is 2.09. The second kappa shape index (κ2) is 5.54. The van der Waals surface area contributed by atoms with Crippen molar-refractivity contribution < 1.29 is 0 Å². The van der Waals surface area contributed by atoms with Crippen LogP contribution in [0.25, 0.3) is 0 Å². The summed E-state index contributed by atoms with van der Waals surface area (Å²) in [4.78, 5) is 4.30. The number of pyridine rings is 1. The molecule has 2 aromatic heterocycles. The largest absolute Gasteiger partial charge is 0.277 e. The Balaban J connectivity index is 1.94. The summed E-state index contributed by atoms with van der Waals surface area (Å²) in [5.41, 5.74) is 5.50. The SMILES string of the molecule is c1ccc(N(Nc2ccccn2)c2ccsc2)cc1. The van der Waals surface area contributed by atoms with Gasteiger partial charge in [0.25, 0.3) is 0 Å². The number of hydrogen-bond acceptors (Lipinski definition) is 4. The average Bonchev–Trinajstić information content (AvgIpc) is 3.01. The van der Waals surface area contributed by atoms with Crippen molar-refractivity contribution in [1.29, 1.82) is 0 Å². The fourth-order valence-corrected chi connectivity index (χ4v) is 2.40. The van der Waals surface area contributed by atoms with Crippen molar-refractivity contribution in [3.63, 3.8) is 0 Å². The van der Waals surface area contributed by atoms with E-state index in [0.29, 0.717) is 0 Å². The van der Waals surface area contributed by atoms with E-state index in [1.165, 1.54) is 0 Å². The topological polar surface area (TPSA) is 28.2 Å². The van der Waals surface area contributed by atoms with Gasteiger partial charge in [0.15, 0.2) is 0 Å². The first kappa shape index (κ1) is 11.7. The van der Waals surface area contributed by atoms with Crippen LogP contribution in [-0.4, -0.2) is 4.98 Å². The zero-order valence-corrected chi connectivity index (χ0v) is 11.0. The molecule has 1 N–H and O–H groups in total. The minimum atomic E-state index is 0.817. The Kier molecular flexibility index (Phi) is 3.42. The summed E-state index contributed by atoms with van der Waals surface area (Å²) in [7, 11) is 0. The van der Waals surface area contributed by atoms with E-state index in [9.17, 15) is 0 Å². The van der Waals surface area contributed by atoms with Gasteiger partial charge in [-0.2, -0.15) is 11.3 Å². The number of benzene rings is 1. The van der Waals surface area contributed by atoms with Gasteiger partial charge in [-0.05, 0) is 35.7 Å². The smallest absolute Gasteiger partial charge is 0.144 e. The van der Waals surface area contributed by atoms with E-state index in [4.69, 9.17) is 0 Å². The van der Waals surface area contributed by atoms with Crippen LogP contribution in [0, 0.1) is 0 Å². The van der Waals surface area contributed by atoms with Gasteiger partial charge in [-0.3, -0.25) is 10.4 Å². The summed E-state index contributed by atoms with van der Waals surface area (Å²) in [5, 5.41) is 6.19. The Hall–Kier alpha value is -2.33. The number of nitrogens with one attached hydrogen (secondary N) is 1. The number of para-hydroxylation sites is 1. The average molecular weight is 267 g/mol. The molecule has 0 bridgehead atoms. The molecule has 4 heteroatoms. The zero-order valence-electron chi connectivity index (χ0n) is 10.2. The number of hydrogen-bond donors (Lipinski definition) is 1. The van der Waals surface area contributed by atoms with E-state index in [-0.39, 0.29) is 0 Å². The Morgan fingerprint density at radius 1 is 0.895 bits per heavy atom. The highest BCUT2D eigenvalue weighted by atomic mass is 32.1. The van der Waals surface area contributed by atoms with E-state index in [0.717, 1.165) is 17.2 Å². The highest BCUT2D eigenvalue weighted by Crippen LogP contribution is 2.27. The number of thiophene rings is 1. The maximum atomic E-state index is 4.30. The lowest BCUT2D eigenvalue weighted by molar-refractivity contribution is 1.13. The number of nitrogens with zero attached hydrogens (tertiary/aromatic N) is 2. The Labute approximate surface area is 116 Å².